The largest absolute Gasteiger partial charge is 0.351 e. The smallest absolute Gasteiger partial charge is 0.251 e. The highest BCUT2D eigenvalue weighted by Crippen LogP contribution is 2.31. The fourth-order valence-electron chi connectivity index (χ4n) is 3.23. The lowest BCUT2D eigenvalue weighted by atomic mass is 10.0. The molecule has 168 valence electrons. The van der Waals surface area contributed by atoms with Crippen LogP contribution in [0.15, 0.2) is 72.8 Å². The molecular formula is C24H24Cl2N2O3S. The Kier molecular flexibility index (Phi) is 7.82. The molecule has 5 nitrogen and oxygen atoms in total. The quantitative estimate of drug-likeness (QED) is 0.453. The molecule has 8 heteroatoms. The van der Waals surface area contributed by atoms with Crippen LogP contribution in [0.1, 0.15) is 34.3 Å². The van der Waals surface area contributed by atoms with Crippen molar-refractivity contribution in [3.8, 4) is 0 Å². The van der Waals surface area contributed by atoms with Gasteiger partial charge in [0.1, 0.15) is 0 Å². The zero-order valence-electron chi connectivity index (χ0n) is 17.8. The van der Waals surface area contributed by atoms with Gasteiger partial charge in [0.15, 0.2) is 0 Å². The van der Waals surface area contributed by atoms with Gasteiger partial charge in [-0.25, -0.2) is 8.42 Å². The molecule has 0 aliphatic heterocycles. The summed E-state index contributed by atoms with van der Waals surface area (Å²) in [4.78, 5) is 12.5. The average Bonchev–Trinajstić information content (AvgIpc) is 2.77. The van der Waals surface area contributed by atoms with Crippen LogP contribution in [0, 0.1) is 0 Å². The third-order valence-corrected chi connectivity index (χ3v) is 6.74. The van der Waals surface area contributed by atoms with Gasteiger partial charge in [-0.1, -0.05) is 72.6 Å². The Labute approximate surface area is 199 Å². The number of halogens is 2. The Morgan fingerprint density at radius 2 is 1.66 bits per heavy atom. The number of carbonyl (C=O) groups excluding carboxylic acids is 1. The lowest BCUT2D eigenvalue weighted by Crippen LogP contribution is -2.30. The summed E-state index contributed by atoms with van der Waals surface area (Å²) < 4.78 is 26.0. The standard InChI is InChI=1S/C24H24Cl2N2O3S/c1-17(19-6-4-3-5-7-19)15-27-24(29)20-10-8-18(9-11-20)16-28(32(2,30)31)23-14-21(25)12-13-22(23)26/h3-14,17H,15-16H2,1-2H3,(H,27,29)/t17-/m1/s1. The molecule has 3 aromatic rings. The summed E-state index contributed by atoms with van der Waals surface area (Å²) in [6.07, 6.45) is 1.11. The molecule has 0 saturated carbocycles. The van der Waals surface area contributed by atoms with Crippen molar-refractivity contribution < 1.29 is 13.2 Å². The fraction of sp³-hybridized carbons (Fsp3) is 0.208. The molecule has 32 heavy (non-hydrogen) atoms. The van der Waals surface area contributed by atoms with E-state index in [0.717, 1.165) is 11.8 Å². The van der Waals surface area contributed by atoms with Crippen molar-refractivity contribution >= 4 is 44.8 Å². The highest BCUT2D eigenvalue weighted by molar-refractivity contribution is 7.92. The first-order valence-electron chi connectivity index (χ1n) is 10.00. The maximum Gasteiger partial charge on any atom is 0.251 e. The van der Waals surface area contributed by atoms with Crippen molar-refractivity contribution in [1.29, 1.82) is 0 Å². The summed E-state index contributed by atoms with van der Waals surface area (Å²) in [5.74, 6) is 0.00220. The third-order valence-electron chi connectivity index (χ3n) is 5.06. The van der Waals surface area contributed by atoms with Gasteiger partial charge in [0.05, 0.1) is 23.5 Å². The molecule has 0 aliphatic carbocycles. The van der Waals surface area contributed by atoms with Crippen molar-refractivity contribution in [2.45, 2.75) is 19.4 Å². The van der Waals surface area contributed by atoms with Crippen LogP contribution in [0.2, 0.25) is 10.0 Å². The Morgan fingerprint density at radius 1 is 1.00 bits per heavy atom. The highest BCUT2D eigenvalue weighted by atomic mass is 35.5. The summed E-state index contributed by atoms with van der Waals surface area (Å²) in [6.45, 7) is 2.63. The maximum atomic E-state index is 12.5. The molecule has 3 rings (SSSR count). The van der Waals surface area contributed by atoms with Crippen LogP contribution in [-0.2, 0) is 16.6 Å². The molecule has 0 radical (unpaired) electrons. The predicted molar refractivity (Wildman–Crippen MR) is 131 cm³/mol. The molecular weight excluding hydrogens is 467 g/mol. The van der Waals surface area contributed by atoms with Crippen molar-refractivity contribution in [3.05, 3.63) is 99.5 Å². The second-order valence-electron chi connectivity index (χ2n) is 7.58. The molecule has 0 bridgehead atoms. The number of carbonyl (C=O) groups is 1. The monoisotopic (exact) mass is 490 g/mol. The van der Waals surface area contributed by atoms with E-state index in [-0.39, 0.29) is 23.4 Å². The molecule has 0 heterocycles. The van der Waals surface area contributed by atoms with E-state index in [1.165, 1.54) is 10.4 Å². The molecule has 1 N–H and O–H groups in total. The number of nitrogens with one attached hydrogen (secondary N) is 1. The summed E-state index contributed by atoms with van der Waals surface area (Å²) >= 11 is 12.3. The Hall–Kier alpha value is -2.54. The second kappa shape index (κ2) is 10.4. The van der Waals surface area contributed by atoms with Gasteiger partial charge in [0, 0.05) is 17.1 Å². The molecule has 0 aromatic heterocycles. The first-order chi connectivity index (χ1) is 15.1. The minimum atomic E-state index is -3.62. The summed E-state index contributed by atoms with van der Waals surface area (Å²) in [5, 5.41) is 3.61. The Bertz CT molecular complexity index is 1180. The van der Waals surface area contributed by atoms with E-state index in [4.69, 9.17) is 23.2 Å². The minimum absolute atomic E-state index is 0.0613. The number of sulfonamides is 1. The summed E-state index contributed by atoms with van der Waals surface area (Å²) in [6, 6.07) is 21.5. The summed E-state index contributed by atoms with van der Waals surface area (Å²) in [5.41, 5.74) is 2.67. The minimum Gasteiger partial charge on any atom is -0.351 e. The van der Waals surface area contributed by atoms with Crippen LogP contribution in [-0.4, -0.2) is 27.1 Å². The molecule has 1 atom stereocenters. The van der Waals surface area contributed by atoms with E-state index < -0.39 is 10.0 Å². The number of rotatable bonds is 8. The van der Waals surface area contributed by atoms with Gasteiger partial charge in [-0.2, -0.15) is 0 Å². The Balaban J connectivity index is 1.70. The molecule has 0 fully saturated rings. The highest BCUT2D eigenvalue weighted by Gasteiger charge is 2.21. The van der Waals surface area contributed by atoms with E-state index in [2.05, 4.69) is 12.2 Å². The zero-order chi connectivity index (χ0) is 23.3. The van der Waals surface area contributed by atoms with Crippen LogP contribution < -0.4 is 9.62 Å². The Morgan fingerprint density at radius 3 is 2.28 bits per heavy atom. The first-order valence-corrected chi connectivity index (χ1v) is 12.6. The predicted octanol–water partition coefficient (Wildman–Crippen LogP) is 5.49. The number of amides is 1. The molecule has 0 spiro atoms. The van der Waals surface area contributed by atoms with Gasteiger partial charge in [-0.3, -0.25) is 9.10 Å². The van der Waals surface area contributed by atoms with Gasteiger partial charge in [0.25, 0.3) is 5.91 Å². The van der Waals surface area contributed by atoms with Crippen molar-refractivity contribution in [2.75, 3.05) is 17.1 Å². The number of nitrogens with zero attached hydrogens (tertiary/aromatic N) is 1. The van der Waals surface area contributed by atoms with Crippen LogP contribution >= 0.6 is 23.2 Å². The van der Waals surface area contributed by atoms with Gasteiger partial charge < -0.3 is 5.32 Å². The third kappa shape index (κ3) is 6.25. The number of benzene rings is 3. The van der Waals surface area contributed by atoms with E-state index in [0.29, 0.717) is 28.4 Å². The molecule has 3 aromatic carbocycles. The normalized spacial score (nSPS) is 12.2. The van der Waals surface area contributed by atoms with Crippen molar-refractivity contribution in [3.63, 3.8) is 0 Å². The van der Waals surface area contributed by atoms with Gasteiger partial charge in [-0.05, 0) is 47.4 Å². The SMILES string of the molecule is C[C@H](CNC(=O)c1ccc(CN(c2cc(Cl)ccc2Cl)S(C)(=O)=O)cc1)c1ccccc1. The van der Waals surface area contributed by atoms with E-state index in [1.54, 1.807) is 36.4 Å². The van der Waals surface area contributed by atoms with Crippen molar-refractivity contribution in [2.24, 2.45) is 0 Å². The summed E-state index contributed by atoms with van der Waals surface area (Å²) in [7, 11) is -3.62. The van der Waals surface area contributed by atoms with E-state index in [9.17, 15) is 13.2 Å². The lowest BCUT2D eigenvalue weighted by Gasteiger charge is -2.24. The topological polar surface area (TPSA) is 66.5 Å². The number of anilines is 1. The average molecular weight is 491 g/mol. The van der Waals surface area contributed by atoms with Gasteiger partial charge >= 0.3 is 0 Å². The molecule has 0 saturated heterocycles. The van der Waals surface area contributed by atoms with Crippen LogP contribution in [0.4, 0.5) is 5.69 Å². The zero-order valence-corrected chi connectivity index (χ0v) is 20.1. The number of hydrogen-bond donors (Lipinski definition) is 1. The van der Waals surface area contributed by atoms with E-state index in [1.807, 2.05) is 30.3 Å². The van der Waals surface area contributed by atoms with Crippen LogP contribution in [0.25, 0.3) is 0 Å². The maximum absolute atomic E-state index is 12.5. The van der Waals surface area contributed by atoms with Crippen molar-refractivity contribution in [1.82, 2.24) is 5.32 Å². The van der Waals surface area contributed by atoms with Crippen LogP contribution in [0.5, 0.6) is 0 Å². The molecule has 0 aliphatic rings. The molecule has 1 amide bonds. The number of hydrogen-bond acceptors (Lipinski definition) is 3. The molecule has 0 unspecified atom stereocenters. The lowest BCUT2D eigenvalue weighted by molar-refractivity contribution is 0.0951. The second-order valence-corrected chi connectivity index (χ2v) is 10.3. The van der Waals surface area contributed by atoms with E-state index >= 15 is 0 Å². The first kappa shape index (κ1) is 24.1. The van der Waals surface area contributed by atoms with Gasteiger partial charge in [-0.15, -0.1) is 0 Å². The van der Waals surface area contributed by atoms with Gasteiger partial charge in [0.2, 0.25) is 10.0 Å². The fourth-order valence-corrected chi connectivity index (χ4v) is 4.56. The van der Waals surface area contributed by atoms with Crippen LogP contribution in [0.3, 0.4) is 0 Å².